The lowest BCUT2D eigenvalue weighted by Crippen LogP contribution is -2.63. The molecular formula is C31H38F5N3O3. The number of benzene rings is 2. The number of phenols is 1. The molecule has 2 aromatic carbocycles. The number of amides is 1. The number of hydrogen-bond acceptors (Lipinski definition) is 5. The Bertz CT molecular complexity index is 1280. The van der Waals surface area contributed by atoms with E-state index >= 15 is 13.2 Å². The molecule has 2 heterocycles. The quantitative estimate of drug-likeness (QED) is 0.239. The Balaban J connectivity index is 1.90. The maximum absolute atomic E-state index is 15.1. The molecule has 2 fully saturated rings. The van der Waals surface area contributed by atoms with Gasteiger partial charge in [0.1, 0.15) is 23.4 Å². The van der Waals surface area contributed by atoms with Crippen molar-refractivity contribution in [2.24, 2.45) is 11.8 Å². The average Bonchev–Trinajstić information content (AvgIpc) is 3.47. The first-order valence-electron chi connectivity index (χ1n) is 14.3. The number of carbonyl (C=O) groups excluding carboxylic acids is 2. The van der Waals surface area contributed by atoms with Gasteiger partial charge in [0.15, 0.2) is 5.78 Å². The number of rotatable bonds is 9. The van der Waals surface area contributed by atoms with E-state index in [1.807, 2.05) is 19.0 Å². The topological polar surface area (TPSA) is 64.1 Å². The third-order valence-corrected chi connectivity index (χ3v) is 8.54. The fourth-order valence-electron chi connectivity index (χ4n) is 6.52. The Morgan fingerprint density at radius 3 is 2.36 bits per heavy atom. The van der Waals surface area contributed by atoms with Crippen molar-refractivity contribution >= 4 is 11.7 Å². The Labute approximate surface area is 243 Å². The van der Waals surface area contributed by atoms with Crippen LogP contribution >= 0.6 is 0 Å². The number of hydrogen-bond donors (Lipinski definition) is 1. The minimum atomic E-state index is -4.84. The molecule has 2 aromatic rings. The summed E-state index contributed by atoms with van der Waals surface area (Å²) in [5.41, 5.74) is -0.325. The minimum Gasteiger partial charge on any atom is -0.508 e. The van der Waals surface area contributed by atoms with Gasteiger partial charge in [0.25, 0.3) is 0 Å². The molecule has 4 atom stereocenters. The SMILES string of the molecule is Cc1c(F)cccc1[C@H]1[C@H](C(=O)N2CCCC2)[C@@H](C(F)(F)F)N(CCCCN(C)C)C[C@@H]1C(=O)c1cc(O)ccc1F. The lowest BCUT2D eigenvalue weighted by molar-refractivity contribution is -0.214. The molecule has 0 spiro atoms. The van der Waals surface area contributed by atoms with E-state index in [4.69, 9.17) is 0 Å². The third kappa shape index (κ3) is 6.78. The summed E-state index contributed by atoms with van der Waals surface area (Å²) in [6, 6.07) is 4.67. The second-order valence-corrected chi connectivity index (χ2v) is 11.7. The van der Waals surface area contributed by atoms with Gasteiger partial charge >= 0.3 is 6.18 Å². The number of carbonyl (C=O) groups is 2. The fraction of sp³-hybridized carbons (Fsp3) is 0.548. The van der Waals surface area contributed by atoms with Crippen LogP contribution in [0.25, 0.3) is 0 Å². The summed E-state index contributed by atoms with van der Waals surface area (Å²) in [7, 11) is 3.71. The highest BCUT2D eigenvalue weighted by molar-refractivity contribution is 6.00. The van der Waals surface area contributed by atoms with Gasteiger partial charge in [-0.2, -0.15) is 13.2 Å². The summed E-state index contributed by atoms with van der Waals surface area (Å²) in [6.45, 7) is 2.18. The van der Waals surface area contributed by atoms with Crippen molar-refractivity contribution in [2.45, 2.75) is 50.7 Å². The van der Waals surface area contributed by atoms with Crippen molar-refractivity contribution in [3.8, 4) is 5.75 Å². The number of Topliss-reactive ketones (excluding diaryl/α,β-unsaturated/α-hetero) is 1. The molecule has 0 aliphatic carbocycles. The van der Waals surface area contributed by atoms with Gasteiger partial charge in [-0.3, -0.25) is 14.5 Å². The van der Waals surface area contributed by atoms with Crippen LogP contribution in [0.1, 0.15) is 53.1 Å². The number of piperidine rings is 1. The number of halogens is 5. The maximum atomic E-state index is 15.1. The van der Waals surface area contributed by atoms with Crippen LogP contribution in [0.15, 0.2) is 36.4 Å². The third-order valence-electron chi connectivity index (χ3n) is 8.54. The summed E-state index contributed by atoms with van der Waals surface area (Å²) in [5, 5.41) is 10.0. The molecule has 0 saturated carbocycles. The van der Waals surface area contributed by atoms with Gasteiger partial charge < -0.3 is 14.9 Å². The van der Waals surface area contributed by atoms with Gasteiger partial charge in [-0.25, -0.2) is 8.78 Å². The zero-order valence-corrected chi connectivity index (χ0v) is 24.1. The molecule has 0 radical (unpaired) electrons. The smallest absolute Gasteiger partial charge is 0.404 e. The largest absolute Gasteiger partial charge is 0.508 e. The van der Waals surface area contributed by atoms with Crippen molar-refractivity contribution in [1.82, 2.24) is 14.7 Å². The molecule has 11 heteroatoms. The van der Waals surface area contributed by atoms with Gasteiger partial charge in [0.05, 0.1) is 11.5 Å². The second kappa shape index (κ2) is 13.1. The molecule has 2 saturated heterocycles. The molecule has 4 rings (SSSR count). The normalized spacial score (nSPS) is 23.5. The molecule has 0 unspecified atom stereocenters. The monoisotopic (exact) mass is 595 g/mol. The van der Waals surface area contributed by atoms with Gasteiger partial charge in [-0.15, -0.1) is 0 Å². The van der Waals surface area contributed by atoms with E-state index in [0.717, 1.165) is 23.1 Å². The molecule has 0 bridgehead atoms. The highest BCUT2D eigenvalue weighted by Gasteiger charge is 2.60. The lowest BCUT2D eigenvalue weighted by atomic mass is 9.66. The van der Waals surface area contributed by atoms with Crippen LogP contribution in [0.4, 0.5) is 22.0 Å². The van der Waals surface area contributed by atoms with E-state index in [2.05, 4.69) is 0 Å². The van der Waals surface area contributed by atoms with E-state index < -0.39 is 65.4 Å². The number of unbranched alkanes of at least 4 members (excludes halogenated alkanes) is 1. The summed E-state index contributed by atoms with van der Waals surface area (Å²) in [6.07, 6.45) is -2.59. The first-order valence-corrected chi connectivity index (χ1v) is 14.3. The van der Waals surface area contributed by atoms with E-state index in [-0.39, 0.29) is 36.5 Å². The Morgan fingerprint density at radius 1 is 1.02 bits per heavy atom. The average molecular weight is 596 g/mol. The van der Waals surface area contributed by atoms with Crippen LogP contribution in [-0.2, 0) is 4.79 Å². The van der Waals surface area contributed by atoms with Crippen molar-refractivity contribution in [3.63, 3.8) is 0 Å². The molecule has 6 nitrogen and oxygen atoms in total. The van der Waals surface area contributed by atoms with Gasteiger partial charge in [0.2, 0.25) is 5.91 Å². The zero-order chi connectivity index (χ0) is 30.8. The van der Waals surface area contributed by atoms with Gasteiger partial charge in [-0.1, -0.05) is 12.1 Å². The predicted molar refractivity (Wildman–Crippen MR) is 148 cm³/mol. The molecule has 2 aliphatic heterocycles. The van der Waals surface area contributed by atoms with Crippen molar-refractivity contribution in [3.05, 3.63) is 64.7 Å². The van der Waals surface area contributed by atoms with E-state index in [1.54, 1.807) is 0 Å². The number of phenolic OH excluding ortho intramolecular Hbond substituents is 1. The minimum absolute atomic E-state index is 0.0382. The molecule has 1 amide bonds. The van der Waals surface area contributed by atoms with E-state index in [1.165, 1.54) is 30.0 Å². The van der Waals surface area contributed by atoms with Crippen LogP contribution in [0, 0.1) is 30.4 Å². The molecule has 230 valence electrons. The van der Waals surface area contributed by atoms with Crippen molar-refractivity contribution < 1.29 is 36.6 Å². The number of alkyl halides is 3. The van der Waals surface area contributed by atoms with Crippen LogP contribution in [-0.4, -0.2) is 90.5 Å². The second-order valence-electron chi connectivity index (χ2n) is 11.7. The fourth-order valence-corrected chi connectivity index (χ4v) is 6.52. The molecule has 0 aromatic heterocycles. The van der Waals surface area contributed by atoms with E-state index in [9.17, 15) is 23.5 Å². The van der Waals surface area contributed by atoms with Crippen LogP contribution in [0.5, 0.6) is 5.75 Å². The summed E-state index contributed by atoms with van der Waals surface area (Å²) >= 11 is 0. The van der Waals surface area contributed by atoms with Crippen LogP contribution < -0.4 is 0 Å². The Kier molecular flexibility index (Phi) is 9.92. The Hall–Kier alpha value is -3.05. The predicted octanol–water partition coefficient (Wildman–Crippen LogP) is 5.39. The van der Waals surface area contributed by atoms with Crippen molar-refractivity contribution in [2.75, 3.05) is 46.8 Å². The standard InChI is InChI=1S/C31H38F5N3O3/c1-19-21(9-8-10-24(19)32)26-23(28(41)22-17-20(40)11-12-25(22)33)18-39(16-5-4-13-37(2)3)29(31(34,35)36)27(26)30(42)38-14-6-7-15-38/h8-12,17,23,26-27,29,40H,4-7,13-16,18H2,1-3H3/t23-,26+,27-,29-/m0/s1. The first kappa shape index (κ1) is 31.9. The summed E-state index contributed by atoms with van der Waals surface area (Å²) < 4.78 is 75.1. The maximum Gasteiger partial charge on any atom is 0.404 e. The summed E-state index contributed by atoms with van der Waals surface area (Å²) in [4.78, 5) is 32.6. The summed E-state index contributed by atoms with van der Waals surface area (Å²) in [5.74, 6) is -8.04. The molecule has 1 N–H and O–H groups in total. The van der Waals surface area contributed by atoms with Gasteiger partial charge in [-0.05, 0) is 95.2 Å². The highest BCUT2D eigenvalue weighted by Crippen LogP contribution is 2.49. The van der Waals surface area contributed by atoms with Gasteiger partial charge in [0, 0.05) is 31.5 Å². The number of nitrogens with zero attached hydrogens (tertiary/aromatic N) is 3. The molecule has 42 heavy (non-hydrogen) atoms. The van der Waals surface area contributed by atoms with Crippen LogP contribution in [0.2, 0.25) is 0 Å². The number of likely N-dealkylation sites (tertiary alicyclic amines) is 2. The number of ketones is 1. The van der Waals surface area contributed by atoms with E-state index in [0.29, 0.717) is 32.2 Å². The molecular weight excluding hydrogens is 557 g/mol. The zero-order valence-electron chi connectivity index (χ0n) is 24.1. The first-order chi connectivity index (χ1) is 19.8. The van der Waals surface area contributed by atoms with Crippen LogP contribution in [0.3, 0.4) is 0 Å². The number of aromatic hydroxyl groups is 1. The molecule has 2 aliphatic rings. The lowest BCUT2D eigenvalue weighted by Gasteiger charge is -2.50. The Morgan fingerprint density at radius 2 is 1.71 bits per heavy atom. The van der Waals surface area contributed by atoms with Crippen molar-refractivity contribution in [1.29, 1.82) is 0 Å². The highest BCUT2D eigenvalue weighted by atomic mass is 19.4.